The van der Waals surface area contributed by atoms with E-state index in [9.17, 15) is 52.7 Å². The largest absolute Gasteiger partial charge is 0.492 e. The summed E-state index contributed by atoms with van der Waals surface area (Å²) in [6.07, 6.45) is 8.91. The molecule has 11 heterocycles. The molecular formula is C104H136N8O28. The molecule has 5 N–H and O–H groups in total. The maximum atomic E-state index is 12.9. The molecule has 5 fully saturated rings. The molecule has 11 aliphatic heterocycles. The van der Waals surface area contributed by atoms with Crippen molar-refractivity contribution in [3.63, 3.8) is 0 Å². The Labute approximate surface area is 817 Å². The van der Waals surface area contributed by atoms with Crippen molar-refractivity contribution >= 4 is 65.2 Å². The Morgan fingerprint density at radius 1 is 0.300 bits per heavy atom. The molecule has 0 saturated carbocycles. The van der Waals surface area contributed by atoms with Gasteiger partial charge >= 0.3 is 23.9 Å². The van der Waals surface area contributed by atoms with Crippen molar-refractivity contribution in [2.24, 2.45) is 29.6 Å². The smallest absolute Gasteiger partial charge is 0.338 e. The van der Waals surface area contributed by atoms with Gasteiger partial charge in [-0.25, -0.2) is 30.1 Å². The van der Waals surface area contributed by atoms with Crippen LogP contribution >= 0.6 is 0 Å². The van der Waals surface area contributed by atoms with E-state index < -0.39 is 11.8 Å². The maximum absolute atomic E-state index is 12.9. The zero-order valence-corrected chi connectivity index (χ0v) is 81.9. The van der Waals surface area contributed by atoms with Crippen LogP contribution in [0.25, 0.3) is 0 Å². The minimum Gasteiger partial charge on any atom is -0.492 e. The highest BCUT2D eigenvalue weighted by Crippen LogP contribution is 2.42. The molecule has 140 heavy (non-hydrogen) atoms. The number of benzene rings is 6. The number of hydrogen-bond donors (Lipinski definition) is 5. The molecule has 0 aliphatic carbocycles. The van der Waals surface area contributed by atoms with E-state index in [1.54, 1.807) is 124 Å². The molecule has 36 heteroatoms. The molecule has 6 aromatic rings. The fourth-order valence-corrected chi connectivity index (χ4v) is 18.8. The van der Waals surface area contributed by atoms with Crippen molar-refractivity contribution in [2.75, 3.05) is 171 Å². The first-order valence-corrected chi connectivity index (χ1v) is 49.1. The van der Waals surface area contributed by atoms with Gasteiger partial charge < -0.3 is 101 Å². The van der Waals surface area contributed by atoms with E-state index in [1.165, 1.54) is 0 Å². The van der Waals surface area contributed by atoms with E-state index in [-0.39, 0.29) is 119 Å². The quantitative estimate of drug-likeness (QED) is 0.0276. The molecule has 17 rings (SSSR count). The minimum atomic E-state index is -0.592. The van der Waals surface area contributed by atoms with Gasteiger partial charge in [0.05, 0.1) is 174 Å². The zero-order chi connectivity index (χ0) is 99.9. The van der Waals surface area contributed by atoms with Crippen LogP contribution in [0.1, 0.15) is 265 Å². The fraction of sp³-hybridized carbons (Fsp3) is 0.548. The first kappa shape index (κ1) is 107. The van der Waals surface area contributed by atoms with Crippen LogP contribution in [0.5, 0.6) is 34.5 Å². The van der Waals surface area contributed by atoms with Crippen LogP contribution in [0, 0.1) is 29.6 Å². The maximum Gasteiger partial charge on any atom is 0.338 e. The van der Waals surface area contributed by atoms with E-state index in [2.05, 4.69) is 12.2 Å². The van der Waals surface area contributed by atoms with Crippen molar-refractivity contribution in [2.45, 2.75) is 170 Å². The van der Waals surface area contributed by atoms with Crippen molar-refractivity contribution in [1.82, 2.24) is 40.8 Å². The lowest BCUT2D eigenvalue weighted by atomic mass is 9.98. The normalized spacial score (nSPS) is 22.8. The Morgan fingerprint density at radius 2 is 0.507 bits per heavy atom. The predicted molar refractivity (Wildman–Crippen MR) is 509 cm³/mol. The number of fused-ring (bicyclic) bond motifs is 6. The summed E-state index contributed by atoms with van der Waals surface area (Å²) in [5.41, 5.74) is 11.3. The molecule has 11 aliphatic rings. The van der Waals surface area contributed by atoms with Gasteiger partial charge in [0.1, 0.15) is 74.1 Å². The number of hydrogen-bond acceptors (Lipinski definition) is 29. The monoisotopic (exact) mass is 1940 g/mol. The average Bonchev–Trinajstić information content (AvgIpc) is 1.84. The predicted octanol–water partition coefficient (Wildman–Crippen LogP) is 12.7. The third kappa shape index (κ3) is 27.6. The summed E-state index contributed by atoms with van der Waals surface area (Å²) in [7, 11) is 0. The van der Waals surface area contributed by atoms with Crippen LogP contribution in [0.15, 0.2) is 109 Å². The SMILES string of the molecule is CC1c2ccc(C(=O)NO)cc2OCCN1C(=O)[C@@H]1CCCOC1.CC1c2ccc(C(=O)NO)cc2OCCN1C(=O)[C@H]1CCCOC1.CCOC(=O)c1ccc2c(c1)OCCN(C(=O)C1CCCOC1)C2C.CCOC(=O)c1ccc2c(c1)OCCN(C(=O)[C@@H]1CCCOC1)C2C.CCOC(=O)c1ccc2c(c1)OCCN(C(=O)[C@H]1CCCOC1)C2C.CCOC(=O)c1ccc2c(c1)OCCNC2C. The average molecular weight is 1950 g/mol. The first-order valence-electron chi connectivity index (χ1n) is 49.1. The van der Waals surface area contributed by atoms with Crippen LogP contribution in [0.3, 0.4) is 0 Å². The van der Waals surface area contributed by atoms with E-state index in [0.717, 1.165) is 143 Å². The second-order valence-corrected chi connectivity index (χ2v) is 35.7. The first-order chi connectivity index (χ1) is 67.8. The summed E-state index contributed by atoms with van der Waals surface area (Å²) in [5, 5.41) is 20.8. The molecule has 760 valence electrons. The van der Waals surface area contributed by atoms with Crippen molar-refractivity contribution < 1.29 is 134 Å². The zero-order valence-electron chi connectivity index (χ0n) is 81.9. The number of hydroxylamine groups is 2. The van der Waals surface area contributed by atoms with Crippen LogP contribution < -0.4 is 44.7 Å². The van der Waals surface area contributed by atoms with Gasteiger partial charge in [-0.2, -0.15) is 0 Å². The van der Waals surface area contributed by atoms with Crippen molar-refractivity contribution in [3.8, 4) is 34.5 Å². The molecule has 5 saturated heterocycles. The van der Waals surface area contributed by atoms with Gasteiger partial charge in [-0.3, -0.25) is 44.0 Å². The number of esters is 4. The number of carbonyl (C=O) groups excluding carboxylic acids is 11. The number of nitrogens with zero attached hydrogens (tertiary/aromatic N) is 5. The molecule has 7 amide bonds. The standard InChI is InChI=1S/3C19H25NO5.2C17H22N2O5.C13H17NO3/c3*1-3-24-19(22)14-6-7-16-13(2)20(8-10-25-17(16)11-14)18(21)15-5-4-9-23-12-15;2*1-11-14-5-4-12(16(20)18-22)9-15(14)24-8-6-19(11)17(21)13-3-2-7-23-10-13;1-3-16-13(15)10-4-5-11-9(2)14-6-7-17-12(11)8-10/h3*6-7,11,13,15H,3-5,8-10,12H2,1-2H3;2*4-5,9,11,13,22H,2-3,6-8,10H2,1H3,(H,18,20);4-5,8-9,14H,3,6-7H2,1-2H3/t2*13?,15-;;2*11?,13-;/m10.10./s1. The van der Waals surface area contributed by atoms with Gasteiger partial charge in [0.25, 0.3) is 11.8 Å². The minimum absolute atomic E-state index is 0.0726. The molecule has 0 spiro atoms. The highest BCUT2D eigenvalue weighted by Gasteiger charge is 2.40. The number of nitrogens with one attached hydrogen (secondary N) is 3. The third-order valence-corrected chi connectivity index (χ3v) is 26.6. The number of ether oxygens (including phenoxy) is 15. The summed E-state index contributed by atoms with van der Waals surface area (Å²) >= 11 is 0. The summed E-state index contributed by atoms with van der Waals surface area (Å²) in [4.78, 5) is 144. The molecule has 6 aromatic carbocycles. The Kier molecular flexibility index (Phi) is 40.4. The van der Waals surface area contributed by atoms with E-state index in [0.29, 0.717) is 194 Å². The summed E-state index contributed by atoms with van der Waals surface area (Å²) in [5.74, 6) is 1.42. The number of amides is 7. The molecule has 0 aromatic heterocycles. The second-order valence-electron chi connectivity index (χ2n) is 35.7. The van der Waals surface area contributed by atoms with Gasteiger partial charge in [-0.1, -0.05) is 36.4 Å². The summed E-state index contributed by atoms with van der Waals surface area (Å²) in [6, 6.07) is 30.9. The summed E-state index contributed by atoms with van der Waals surface area (Å²) < 4.78 is 81.9. The fourth-order valence-electron chi connectivity index (χ4n) is 18.8. The van der Waals surface area contributed by atoms with Crippen LogP contribution in [-0.4, -0.2) is 272 Å². The van der Waals surface area contributed by atoms with Crippen molar-refractivity contribution in [1.29, 1.82) is 0 Å². The van der Waals surface area contributed by atoms with Gasteiger partial charge in [0.2, 0.25) is 29.5 Å². The lowest BCUT2D eigenvalue weighted by Gasteiger charge is -2.32. The molecule has 7 unspecified atom stereocenters. The molecule has 0 radical (unpaired) electrons. The highest BCUT2D eigenvalue weighted by molar-refractivity contribution is 5.96. The van der Waals surface area contributed by atoms with Gasteiger partial charge in [-0.05, 0) is 206 Å². The topological polar surface area (TPSA) is 419 Å². The van der Waals surface area contributed by atoms with Gasteiger partial charge in [-0.15, -0.1) is 0 Å². The van der Waals surface area contributed by atoms with Crippen LogP contribution in [0.2, 0.25) is 0 Å². The van der Waals surface area contributed by atoms with Gasteiger partial charge in [0, 0.05) is 90.1 Å². The second kappa shape index (κ2) is 53.0. The van der Waals surface area contributed by atoms with E-state index in [1.807, 2.05) is 83.4 Å². The molecular weight excluding hydrogens is 1810 g/mol. The Bertz CT molecular complexity index is 4840. The Hall–Kier alpha value is -12.0. The lowest BCUT2D eigenvalue weighted by molar-refractivity contribution is -0.142. The third-order valence-electron chi connectivity index (χ3n) is 26.6. The molecule has 36 nitrogen and oxygen atoms in total. The number of carbonyl (C=O) groups is 11. The van der Waals surface area contributed by atoms with Crippen LogP contribution in [-0.2, 0) is 66.6 Å². The molecule has 11 atom stereocenters. The van der Waals surface area contributed by atoms with Crippen LogP contribution in [0.4, 0.5) is 0 Å². The highest BCUT2D eigenvalue weighted by atomic mass is 16.6. The van der Waals surface area contributed by atoms with Gasteiger partial charge in [0.15, 0.2) is 0 Å². The van der Waals surface area contributed by atoms with E-state index in [4.69, 9.17) is 81.5 Å². The Morgan fingerprint density at radius 3 is 0.721 bits per heavy atom. The van der Waals surface area contributed by atoms with Crippen molar-refractivity contribution in [3.05, 3.63) is 176 Å². The molecule has 0 bridgehead atoms. The lowest BCUT2D eigenvalue weighted by Crippen LogP contribution is -2.41. The summed E-state index contributed by atoms with van der Waals surface area (Å²) in [6.45, 7) is 32.5. The number of rotatable bonds is 15. The Balaban J connectivity index is 0.000000151. The van der Waals surface area contributed by atoms with E-state index >= 15 is 0 Å².